The van der Waals surface area contributed by atoms with Gasteiger partial charge in [-0.25, -0.2) is 9.13 Å². The Balaban J connectivity index is 0.000000421. The first kappa shape index (κ1) is 34.9. The Morgan fingerprint density at radius 1 is 0.413 bits per heavy atom. The third-order valence-corrected chi connectivity index (χ3v) is 7.59. The van der Waals surface area contributed by atoms with Crippen molar-refractivity contribution in [1.29, 1.82) is 0 Å². The van der Waals surface area contributed by atoms with Crippen LogP contribution in [0.25, 0.3) is 54.9 Å². The highest BCUT2D eigenvalue weighted by Gasteiger charge is 2.12. The molecule has 0 bridgehead atoms. The van der Waals surface area contributed by atoms with Crippen LogP contribution in [0.15, 0.2) is 109 Å². The van der Waals surface area contributed by atoms with Gasteiger partial charge in [0.25, 0.3) is 0 Å². The van der Waals surface area contributed by atoms with E-state index in [9.17, 15) is 0 Å². The third-order valence-electron chi connectivity index (χ3n) is 7.59. The van der Waals surface area contributed by atoms with Crippen LogP contribution in [0.5, 0.6) is 0 Å². The van der Waals surface area contributed by atoms with Crippen molar-refractivity contribution in [1.82, 2.24) is 0 Å². The Bertz CT molecular complexity index is 1920. The molecule has 0 spiro atoms. The maximum absolute atomic E-state index is 8.88. The summed E-state index contributed by atoms with van der Waals surface area (Å²) in [5.41, 5.74) is 13.1. The lowest BCUT2D eigenvalue weighted by molar-refractivity contribution is 0.272. The van der Waals surface area contributed by atoms with Gasteiger partial charge in [0.15, 0.2) is 0 Å². The van der Waals surface area contributed by atoms with Crippen molar-refractivity contribution in [3.63, 3.8) is 0 Å². The molecule has 6 rings (SSSR count). The Hall–Kier alpha value is -3.94. The van der Waals surface area contributed by atoms with Crippen LogP contribution in [0.4, 0.5) is 0 Å². The van der Waals surface area contributed by atoms with Crippen LogP contribution in [0.1, 0.15) is 22.3 Å². The fourth-order valence-corrected chi connectivity index (χ4v) is 5.89. The smallest absolute Gasteiger partial charge is 0.303 e. The SMILES string of the molecule is Cc1cccc(C)c1-c1ccc2c(-c3cccc4cc(-c5c(C)cccc5C)ccc34)cccc2c1.O=P(O)(O)O.O=P(O)(O)O. The van der Waals surface area contributed by atoms with Gasteiger partial charge in [-0.3, -0.25) is 0 Å². The predicted octanol–water partition coefficient (Wildman–Crippen LogP) is 8.37. The Labute approximate surface area is 267 Å². The molecule has 0 aromatic heterocycles. The fourth-order valence-electron chi connectivity index (χ4n) is 5.89. The maximum atomic E-state index is 8.88. The molecule has 0 atom stereocenters. The lowest BCUT2D eigenvalue weighted by atomic mass is 9.89. The van der Waals surface area contributed by atoms with E-state index in [1.807, 2.05) is 0 Å². The number of fused-ring (bicyclic) bond motifs is 2. The molecule has 46 heavy (non-hydrogen) atoms. The molecule has 0 aliphatic rings. The molecule has 0 saturated carbocycles. The zero-order valence-corrected chi connectivity index (χ0v) is 27.6. The molecule has 10 heteroatoms. The second-order valence-electron chi connectivity index (χ2n) is 11.0. The summed E-state index contributed by atoms with van der Waals surface area (Å²) in [6.07, 6.45) is 0. The summed E-state index contributed by atoms with van der Waals surface area (Å²) in [6, 6.07) is 40.3. The van der Waals surface area contributed by atoms with Crippen LogP contribution in [-0.4, -0.2) is 29.4 Å². The molecule has 6 N–H and O–H groups in total. The molecule has 8 nitrogen and oxygen atoms in total. The minimum Gasteiger partial charge on any atom is -0.303 e. The summed E-state index contributed by atoms with van der Waals surface area (Å²) in [7, 11) is -9.28. The van der Waals surface area contributed by atoms with E-state index >= 15 is 0 Å². The van der Waals surface area contributed by atoms with Gasteiger partial charge in [0, 0.05) is 0 Å². The molecule has 6 aromatic rings. The lowest BCUT2D eigenvalue weighted by Crippen LogP contribution is -1.90. The first-order valence-electron chi connectivity index (χ1n) is 14.3. The second-order valence-corrected chi connectivity index (χ2v) is 13.1. The van der Waals surface area contributed by atoms with Gasteiger partial charge in [-0.2, -0.15) is 0 Å². The van der Waals surface area contributed by atoms with Crippen molar-refractivity contribution >= 4 is 37.2 Å². The minimum atomic E-state index is -4.64. The molecule has 0 unspecified atom stereocenters. The molecular weight excluding hydrogens is 622 g/mol. The van der Waals surface area contributed by atoms with Crippen LogP contribution in [-0.2, 0) is 9.13 Å². The second kappa shape index (κ2) is 14.2. The average Bonchev–Trinajstić information content (AvgIpc) is 2.94. The van der Waals surface area contributed by atoms with Crippen molar-refractivity contribution in [2.24, 2.45) is 0 Å². The van der Waals surface area contributed by atoms with E-state index < -0.39 is 15.6 Å². The van der Waals surface area contributed by atoms with Crippen LogP contribution in [0.3, 0.4) is 0 Å². The molecule has 0 aliphatic carbocycles. The van der Waals surface area contributed by atoms with E-state index in [-0.39, 0.29) is 0 Å². The van der Waals surface area contributed by atoms with E-state index in [1.54, 1.807) is 0 Å². The van der Waals surface area contributed by atoms with Gasteiger partial charge in [-0.15, -0.1) is 0 Å². The summed E-state index contributed by atoms with van der Waals surface area (Å²) in [4.78, 5) is 43.1. The van der Waals surface area contributed by atoms with Crippen molar-refractivity contribution in [3.05, 3.63) is 131 Å². The highest BCUT2D eigenvalue weighted by molar-refractivity contribution is 7.45. The van der Waals surface area contributed by atoms with Gasteiger partial charge in [0.05, 0.1) is 0 Å². The van der Waals surface area contributed by atoms with Crippen molar-refractivity contribution in [2.45, 2.75) is 27.7 Å². The monoisotopic (exact) mass is 658 g/mol. The number of phosphoric acid groups is 2. The van der Waals surface area contributed by atoms with Gasteiger partial charge in [0.2, 0.25) is 0 Å². The Morgan fingerprint density at radius 3 is 1.00 bits per heavy atom. The van der Waals surface area contributed by atoms with E-state index in [1.165, 1.54) is 77.2 Å². The van der Waals surface area contributed by atoms with Crippen molar-refractivity contribution in [2.75, 3.05) is 0 Å². The minimum absolute atomic E-state index is 1.27. The first-order valence-corrected chi connectivity index (χ1v) is 17.4. The summed E-state index contributed by atoms with van der Waals surface area (Å²) < 4.78 is 17.8. The van der Waals surface area contributed by atoms with Crippen LogP contribution in [0, 0.1) is 27.7 Å². The fraction of sp³-hybridized carbons (Fsp3) is 0.111. The van der Waals surface area contributed by atoms with Crippen LogP contribution >= 0.6 is 15.6 Å². The third kappa shape index (κ3) is 9.08. The van der Waals surface area contributed by atoms with E-state index in [0.717, 1.165) is 0 Å². The predicted molar refractivity (Wildman–Crippen MR) is 185 cm³/mol. The summed E-state index contributed by atoms with van der Waals surface area (Å²) in [5, 5.41) is 5.13. The van der Waals surface area contributed by atoms with Crippen LogP contribution in [0.2, 0.25) is 0 Å². The quantitative estimate of drug-likeness (QED) is 0.104. The summed E-state index contributed by atoms with van der Waals surface area (Å²) in [6.45, 7) is 8.80. The van der Waals surface area contributed by atoms with Gasteiger partial charge < -0.3 is 29.4 Å². The normalized spacial score (nSPS) is 11.4. The molecule has 0 heterocycles. The number of hydrogen-bond donors (Lipinski definition) is 6. The van der Waals surface area contributed by atoms with E-state index in [2.05, 4.69) is 137 Å². The zero-order valence-electron chi connectivity index (χ0n) is 25.8. The maximum Gasteiger partial charge on any atom is 0.466 e. The standard InChI is InChI=1S/C36H30.2H3O4P/c1-23-9-5-10-24(2)35(23)29-17-19-31-27(21-29)13-7-15-33(31)34-16-8-14-28-22-30(18-20-32(28)34)36-25(3)11-6-12-26(36)4;2*1-5(2,3)4/h5-22H,1-4H3;2*(H3,1,2,3,4). The molecule has 0 amide bonds. The van der Waals surface area contributed by atoms with Crippen molar-refractivity contribution < 1.29 is 38.5 Å². The van der Waals surface area contributed by atoms with Crippen LogP contribution < -0.4 is 0 Å². The topological polar surface area (TPSA) is 156 Å². The molecule has 0 aliphatic heterocycles. The lowest BCUT2D eigenvalue weighted by Gasteiger charge is -2.15. The van der Waals surface area contributed by atoms with Gasteiger partial charge in [-0.05, 0) is 117 Å². The Kier molecular flexibility index (Phi) is 10.8. The van der Waals surface area contributed by atoms with E-state index in [4.69, 9.17) is 38.5 Å². The van der Waals surface area contributed by atoms with Crippen molar-refractivity contribution in [3.8, 4) is 33.4 Å². The zero-order chi connectivity index (χ0) is 33.8. The number of benzene rings is 6. The number of hydrogen-bond acceptors (Lipinski definition) is 2. The van der Waals surface area contributed by atoms with Gasteiger partial charge in [-0.1, -0.05) is 97.1 Å². The van der Waals surface area contributed by atoms with Gasteiger partial charge in [0.1, 0.15) is 0 Å². The summed E-state index contributed by atoms with van der Waals surface area (Å²) in [5.74, 6) is 0. The highest BCUT2D eigenvalue weighted by atomic mass is 31.2. The molecule has 238 valence electrons. The molecule has 0 fully saturated rings. The highest BCUT2D eigenvalue weighted by Crippen LogP contribution is 2.38. The molecule has 6 aromatic carbocycles. The average molecular weight is 659 g/mol. The number of rotatable bonds is 3. The summed E-state index contributed by atoms with van der Waals surface area (Å²) >= 11 is 0. The number of aryl methyl sites for hydroxylation is 4. The molecule has 0 radical (unpaired) electrons. The van der Waals surface area contributed by atoms with Gasteiger partial charge >= 0.3 is 15.6 Å². The molecular formula is C36H36O8P2. The first-order chi connectivity index (χ1) is 21.5. The van der Waals surface area contributed by atoms with E-state index in [0.29, 0.717) is 0 Å². The largest absolute Gasteiger partial charge is 0.466 e. The molecule has 0 saturated heterocycles. The Morgan fingerprint density at radius 2 is 0.696 bits per heavy atom.